The number of rotatable bonds is 3. The molecule has 2 saturated carbocycles. The Labute approximate surface area is 77.1 Å². The molecule has 0 aromatic carbocycles. The van der Waals surface area contributed by atoms with Crippen molar-refractivity contribution < 1.29 is 0 Å². The molecule has 0 spiro atoms. The minimum Gasteiger partial charge on any atom is -0.325 e. The third-order valence-corrected chi connectivity index (χ3v) is 2.85. The monoisotopic (exact) mass is 178 g/mol. The fraction of sp³-hybridized carbons (Fsp3) is 0.778. The summed E-state index contributed by atoms with van der Waals surface area (Å²) in [4.78, 5) is 0. The molecule has 0 radical (unpaired) electrons. The Morgan fingerprint density at radius 3 is 2.62 bits per heavy atom. The molecule has 2 aliphatic rings. The Morgan fingerprint density at radius 1 is 1.31 bits per heavy atom. The summed E-state index contributed by atoms with van der Waals surface area (Å²) in [5, 5.41) is 8.34. The lowest BCUT2D eigenvalue weighted by Gasteiger charge is -2.03. The highest BCUT2D eigenvalue weighted by Gasteiger charge is 2.35. The van der Waals surface area contributed by atoms with Crippen LogP contribution in [0.3, 0.4) is 0 Å². The predicted octanol–water partition coefficient (Wildman–Crippen LogP) is 0.949. The molecule has 2 aliphatic carbocycles. The Hall–Kier alpha value is -0.900. The topological polar surface area (TPSA) is 56.7 Å². The average Bonchev–Trinajstić information content (AvgIpc) is 3.03. The van der Waals surface area contributed by atoms with Crippen LogP contribution in [-0.4, -0.2) is 15.0 Å². The standard InChI is InChI=1S/C9H14N4/c10-5-8-9(6-1-2-6)13(12-11-8)7-3-4-7/h6-7H,1-5,10H2. The maximum absolute atomic E-state index is 5.63. The number of aromatic nitrogens is 3. The van der Waals surface area contributed by atoms with Gasteiger partial charge in [0.05, 0.1) is 17.4 Å². The third kappa shape index (κ3) is 1.16. The van der Waals surface area contributed by atoms with Crippen LogP contribution in [0.5, 0.6) is 0 Å². The Kier molecular flexibility index (Phi) is 1.47. The van der Waals surface area contributed by atoms with Crippen molar-refractivity contribution in [2.45, 2.75) is 44.2 Å². The van der Waals surface area contributed by atoms with Crippen LogP contribution in [0, 0.1) is 0 Å². The molecular weight excluding hydrogens is 164 g/mol. The number of hydrogen-bond acceptors (Lipinski definition) is 3. The van der Waals surface area contributed by atoms with E-state index in [1.54, 1.807) is 0 Å². The molecule has 0 bridgehead atoms. The Balaban J connectivity index is 2.01. The van der Waals surface area contributed by atoms with Crippen molar-refractivity contribution >= 4 is 0 Å². The molecule has 1 aromatic rings. The van der Waals surface area contributed by atoms with Gasteiger partial charge in [0.15, 0.2) is 0 Å². The second-order valence-corrected chi connectivity index (χ2v) is 4.08. The summed E-state index contributed by atoms with van der Waals surface area (Å²) in [6.45, 7) is 0.540. The van der Waals surface area contributed by atoms with Gasteiger partial charge < -0.3 is 5.73 Å². The van der Waals surface area contributed by atoms with Gasteiger partial charge in [0, 0.05) is 12.5 Å². The minimum atomic E-state index is 0.540. The smallest absolute Gasteiger partial charge is 0.0997 e. The lowest BCUT2D eigenvalue weighted by atomic mass is 10.2. The molecule has 0 aliphatic heterocycles. The van der Waals surface area contributed by atoms with Gasteiger partial charge in [0.2, 0.25) is 0 Å². The quantitative estimate of drug-likeness (QED) is 0.749. The third-order valence-electron chi connectivity index (χ3n) is 2.85. The molecule has 3 rings (SSSR count). The summed E-state index contributed by atoms with van der Waals surface area (Å²) in [5.74, 6) is 0.717. The van der Waals surface area contributed by atoms with Crippen molar-refractivity contribution in [2.75, 3.05) is 0 Å². The molecule has 2 fully saturated rings. The van der Waals surface area contributed by atoms with Crippen molar-refractivity contribution in [1.29, 1.82) is 0 Å². The zero-order valence-corrected chi connectivity index (χ0v) is 7.61. The highest BCUT2D eigenvalue weighted by atomic mass is 15.5. The second kappa shape index (κ2) is 2.54. The van der Waals surface area contributed by atoms with Crippen LogP contribution in [0.25, 0.3) is 0 Å². The van der Waals surface area contributed by atoms with Crippen molar-refractivity contribution in [3.8, 4) is 0 Å². The summed E-state index contributed by atoms with van der Waals surface area (Å²) < 4.78 is 2.12. The van der Waals surface area contributed by atoms with Gasteiger partial charge in [-0.1, -0.05) is 5.21 Å². The molecule has 0 saturated heterocycles. The van der Waals surface area contributed by atoms with Crippen molar-refractivity contribution in [3.63, 3.8) is 0 Å². The van der Waals surface area contributed by atoms with E-state index < -0.39 is 0 Å². The first-order valence-electron chi connectivity index (χ1n) is 5.04. The predicted molar refractivity (Wildman–Crippen MR) is 48.2 cm³/mol. The highest BCUT2D eigenvalue weighted by Crippen LogP contribution is 2.45. The molecule has 4 nitrogen and oxygen atoms in total. The zero-order chi connectivity index (χ0) is 8.84. The SMILES string of the molecule is NCc1nnn(C2CC2)c1C1CC1. The number of hydrogen-bond donors (Lipinski definition) is 1. The van der Waals surface area contributed by atoms with Gasteiger partial charge in [-0.05, 0) is 25.7 Å². The summed E-state index contributed by atoms with van der Waals surface area (Å²) in [6.07, 6.45) is 5.14. The van der Waals surface area contributed by atoms with E-state index in [4.69, 9.17) is 5.73 Å². The van der Waals surface area contributed by atoms with E-state index in [2.05, 4.69) is 15.0 Å². The fourth-order valence-electron chi connectivity index (χ4n) is 1.85. The molecule has 70 valence electrons. The van der Waals surface area contributed by atoms with E-state index in [-0.39, 0.29) is 0 Å². The van der Waals surface area contributed by atoms with Crippen LogP contribution >= 0.6 is 0 Å². The van der Waals surface area contributed by atoms with Gasteiger partial charge >= 0.3 is 0 Å². The first-order chi connectivity index (χ1) is 6.40. The minimum absolute atomic E-state index is 0.540. The zero-order valence-electron chi connectivity index (χ0n) is 7.61. The summed E-state index contributed by atoms with van der Waals surface area (Å²) in [6, 6.07) is 0.642. The van der Waals surface area contributed by atoms with E-state index in [0.717, 1.165) is 5.69 Å². The largest absolute Gasteiger partial charge is 0.325 e. The van der Waals surface area contributed by atoms with Crippen molar-refractivity contribution in [1.82, 2.24) is 15.0 Å². The van der Waals surface area contributed by atoms with Gasteiger partial charge in [0.1, 0.15) is 0 Å². The lowest BCUT2D eigenvalue weighted by molar-refractivity contribution is 0.583. The van der Waals surface area contributed by atoms with E-state index in [1.165, 1.54) is 31.4 Å². The molecule has 0 unspecified atom stereocenters. The fourth-order valence-corrected chi connectivity index (χ4v) is 1.85. The van der Waals surface area contributed by atoms with Crippen LogP contribution in [0.4, 0.5) is 0 Å². The molecule has 0 atom stereocenters. The first kappa shape index (κ1) is 7.50. The normalized spacial score (nSPS) is 22.2. The number of nitrogens with two attached hydrogens (primary N) is 1. The van der Waals surface area contributed by atoms with Crippen LogP contribution in [0.2, 0.25) is 0 Å². The van der Waals surface area contributed by atoms with Gasteiger partial charge in [-0.15, -0.1) is 5.10 Å². The van der Waals surface area contributed by atoms with Gasteiger partial charge in [-0.25, -0.2) is 4.68 Å². The Bertz CT molecular complexity index is 322. The van der Waals surface area contributed by atoms with Gasteiger partial charge in [-0.3, -0.25) is 0 Å². The van der Waals surface area contributed by atoms with E-state index in [0.29, 0.717) is 18.5 Å². The van der Waals surface area contributed by atoms with E-state index in [9.17, 15) is 0 Å². The summed E-state index contributed by atoms with van der Waals surface area (Å²) in [7, 11) is 0. The molecule has 2 N–H and O–H groups in total. The van der Waals surface area contributed by atoms with E-state index >= 15 is 0 Å². The molecule has 1 heterocycles. The first-order valence-corrected chi connectivity index (χ1v) is 5.04. The maximum atomic E-state index is 5.63. The maximum Gasteiger partial charge on any atom is 0.0997 e. The van der Waals surface area contributed by atoms with E-state index in [1.807, 2.05) is 0 Å². The average molecular weight is 178 g/mol. The summed E-state index contributed by atoms with van der Waals surface area (Å²) in [5.41, 5.74) is 7.99. The lowest BCUT2D eigenvalue weighted by Crippen LogP contribution is -2.05. The summed E-state index contributed by atoms with van der Waals surface area (Å²) >= 11 is 0. The molecular formula is C9H14N4. The molecule has 1 aromatic heterocycles. The van der Waals surface area contributed by atoms with Crippen LogP contribution < -0.4 is 5.73 Å². The van der Waals surface area contributed by atoms with Gasteiger partial charge in [0.25, 0.3) is 0 Å². The van der Waals surface area contributed by atoms with Crippen LogP contribution in [0.1, 0.15) is 49.0 Å². The molecule has 0 amide bonds. The molecule has 13 heavy (non-hydrogen) atoms. The number of nitrogens with zero attached hydrogens (tertiary/aromatic N) is 3. The Morgan fingerprint density at radius 2 is 2.08 bits per heavy atom. The van der Waals surface area contributed by atoms with Crippen LogP contribution in [0.15, 0.2) is 0 Å². The van der Waals surface area contributed by atoms with Crippen LogP contribution in [-0.2, 0) is 6.54 Å². The molecule has 4 heteroatoms. The highest BCUT2D eigenvalue weighted by molar-refractivity contribution is 5.21. The van der Waals surface area contributed by atoms with Crippen molar-refractivity contribution in [2.24, 2.45) is 5.73 Å². The van der Waals surface area contributed by atoms with Crippen molar-refractivity contribution in [3.05, 3.63) is 11.4 Å². The second-order valence-electron chi connectivity index (χ2n) is 4.08. The van der Waals surface area contributed by atoms with Gasteiger partial charge in [-0.2, -0.15) is 0 Å².